The van der Waals surface area contributed by atoms with Crippen LogP contribution in [-0.4, -0.2) is 31.3 Å². The summed E-state index contributed by atoms with van der Waals surface area (Å²) in [6.45, 7) is 0.419. The summed E-state index contributed by atoms with van der Waals surface area (Å²) in [5, 5.41) is 22.8. The number of aromatic nitrogens is 3. The van der Waals surface area contributed by atoms with Crippen molar-refractivity contribution in [2.45, 2.75) is 11.7 Å². The van der Waals surface area contributed by atoms with E-state index in [-0.39, 0.29) is 17.3 Å². The molecule has 0 spiro atoms. The molecular formula is C21H16BrN5O4S. The Balaban J connectivity index is 1.50. The molecule has 1 amide bonds. The van der Waals surface area contributed by atoms with Gasteiger partial charge in [-0.2, -0.15) is 0 Å². The fourth-order valence-corrected chi connectivity index (χ4v) is 4.14. The van der Waals surface area contributed by atoms with Gasteiger partial charge in [-0.1, -0.05) is 42.1 Å². The lowest BCUT2D eigenvalue weighted by atomic mass is 10.2. The Morgan fingerprint density at radius 2 is 1.97 bits per heavy atom. The SMILES string of the molecule is O=C(CSc1nnc(-c2ccccc2)n1Cc1ccco1)Nc1ccc([N+](=O)[O-])cc1Br. The predicted octanol–water partition coefficient (Wildman–Crippen LogP) is 4.99. The summed E-state index contributed by atoms with van der Waals surface area (Å²) in [7, 11) is 0. The molecule has 9 nitrogen and oxygen atoms in total. The van der Waals surface area contributed by atoms with Crippen molar-refractivity contribution < 1.29 is 14.1 Å². The smallest absolute Gasteiger partial charge is 0.270 e. The van der Waals surface area contributed by atoms with Gasteiger partial charge >= 0.3 is 0 Å². The van der Waals surface area contributed by atoms with Gasteiger partial charge in [0.25, 0.3) is 5.69 Å². The number of carbonyl (C=O) groups excluding carboxylic acids is 1. The van der Waals surface area contributed by atoms with Crippen LogP contribution in [0.2, 0.25) is 0 Å². The number of nitro benzene ring substituents is 1. The molecule has 0 bridgehead atoms. The summed E-state index contributed by atoms with van der Waals surface area (Å²) >= 11 is 4.49. The number of nitrogens with zero attached hydrogens (tertiary/aromatic N) is 4. The average molecular weight is 514 g/mol. The zero-order chi connectivity index (χ0) is 22.5. The molecule has 4 rings (SSSR count). The highest BCUT2D eigenvalue weighted by Gasteiger charge is 2.18. The number of furan rings is 1. The minimum atomic E-state index is -0.498. The Morgan fingerprint density at radius 3 is 2.66 bits per heavy atom. The fourth-order valence-electron chi connectivity index (χ4n) is 2.93. The number of carbonyl (C=O) groups is 1. The largest absolute Gasteiger partial charge is 0.467 e. The number of amides is 1. The monoisotopic (exact) mass is 513 g/mol. The van der Waals surface area contributed by atoms with Crippen LogP contribution in [0.1, 0.15) is 5.76 Å². The van der Waals surface area contributed by atoms with Crippen LogP contribution < -0.4 is 5.32 Å². The topological polar surface area (TPSA) is 116 Å². The highest BCUT2D eigenvalue weighted by atomic mass is 79.9. The Bertz CT molecular complexity index is 1240. The molecule has 0 aliphatic carbocycles. The van der Waals surface area contributed by atoms with Crippen LogP contribution in [-0.2, 0) is 11.3 Å². The Kier molecular flexibility index (Phi) is 6.66. The minimum absolute atomic E-state index is 0.0660. The zero-order valence-electron chi connectivity index (χ0n) is 16.5. The summed E-state index contributed by atoms with van der Waals surface area (Å²) in [5.41, 5.74) is 1.28. The van der Waals surface area contributed by atoms with Crippen LogP contribution in [0.3, 0.4) is 0 Å². The van der Waals surface area contributed by atoms with Crippen molar-refractivity contribution in [3.05, 3.63) is 87.3 Å². The molecule has 0 unspecified atom stereocenters. The first-order valence-corrected chi connectivity index (χ1v) is 11.2. The summed E-state index contributed by atoms with van der Waals surface area (Å²) in [6, 6.07) is 17.5. The maximum Gasteiger partial charge on any atom is 0.270 e. The standard InChI is InChI=1S/C21H16BrN5O4S/c22-17-11-15(27(29)30)8-9-18(17)23-19(28)13-32-21-25-24-20(14-5-2-1-3-6-14)26(21)12-16-7-4-10-31-16/h1-11H,12-13H2,(H,23,28). The van der Waals surface area contributed by atoms with Gasteiger partial charge in [-0.05, 0) is 34.1 Å². The van der Waals surface area contributed by atoms with Crippen LogP contribution in [0.5, 0.6) is 0 Å². The van der Waals surface area contributed by atoms with Crippen molar-refractivity contribution in [3.8, 4) is 11.4 Å². The normalized spacial score (nSPS) is 10.8. The van der Waals surface area contributed by atoms with E-state index in [2.05, 4.69) is 31.4 Å². The molecule has 32 heavy (non-hydrogen) atoms. The number of hydrogen-bond donors (Lipinski definition) is 1. The molecule has 1 N–H and O–H groups in total. The van der Waals surface area contributed by atoms with Gasteiger partial charge in [-0.15, -0.1) is 10.2 Å². The van der Waals surface area contributed by atoms with E-state index in [1.54, 1.807) is 6.26 Å². The maximum atomic E-state index is 12.5. The minimum Gasteiger partial charge on any atom is -0.467 e. The van der Waals surface area contributed by atoms with Gasteiger partial charge in [0, 0.05) is 22.2 Å². The molecule has 0 atom stereocenters. The average Bonchev–Trinajstić information content (AvgIpc) is 3.44. The number of thioether (sulfide) groups is 1. The number of anilines is 1. The quantitative estimate of drug-likeness (QED) is 0.200. The first-order valence-electron chi connectivity index (χ1n) is 9.39. The highest BCUT2D eigenvalue weighted by molar-refractivity contribution is 9.10. The molecule has 0 radical (unpaired) electrons. The van der Waals surface area contributed by atoms with E-state index in [1.807, 2.05) is 47.0 Å². The van der Waals surface area contributed by atoms with Gasteiger partial charge in [0.2, 0.25) is 5.91 Å². The number of hydrogen-bond acceptors (Lipinski definition) is 7. The van der Waals surface area contributed by atoms with Gasteiger partial charge in [-0.3, -0.25) is 19.5 Å². The molecular weight excluding hydrogens is 498 g/mol. The molecule has 0 saturated heterocycles. The number of non-ortho nitro benzene ring substituents is 1. The number of nitrogens with one attached hydrogen (secondary N) is 1. The van der Waals surface area contributed by atoms with Crippen molar-refractivity contribution in [3.63, 3.8) is 0 Å². The van der Waals surface area contributed by atoms with E-state index in [1.165, 1.54) is 30.0 Å². The van der Waals surface area contributed by atoms with Crippen molar-refractivity contribution in [1.82, 2.24) is 14.8 Å². The summed E-state index contributed by atoms with van der Waals surface area (Å²) in [5.74, 6) is 1.21. The summed E-state index contributed by atoms with van der Waals surface area (Å²) < 4.78 is 7.80. The van der Waals surface area contributed by atoms with Crippen LogP contribution in [0.25, 0.3) is 11.4 Å². The summed E-state index contributed by atoms with van der Waals surface area (Å²) in [4.78, 5) is 22.9. The third kappa shape index (κ3) is 5.06. The molecule has 0 aliphatic rings. The number of benzene rings is 2. The number of nitro groups is 1. The molecule has 2 aromatic carbocycles. The first kappa shape index (κ1) is 21.8. The van der Waals surface area contributed by atoms with Gasteiger partial charge in [0.1, 0.15) is 5.76 Å². The van der Waals surface area contributed by atoms with Gasteiger partial charge in [0.05, 0.1) is 29.2 Å². The van der Waals surface area contributed by atoms with Crippen LogP contribution in [0.15, 0.2) is 81.0 Å². The first-order chi connectivity index (χ1) is 15.5. The van der Waals surface area contributed by atoms with Crippen molar-refractivity contribution in [1.29, 1.82) is 0 Å². The van der Waals surface area contributed by atoms with Crippen LogP contribution in [0, 0.1) is 10.1 Å². The molecule has 0 fully saturated rings. The van der Waals surface area contributed by atoms with E-state index in [9.17, 15) is 14.9 Å². The second kappa shape index (κ2) is 9.79. The Labute approximate surface area is 195 Å². The lowest BCUT2D eigenvalue weighted by Crippen LogP contribution is -2.15. The number of halogens is 1. The van der Waals surface area contributed by atoms with Gasteiger partial charge < -0.3 is 9.73 Å². The van der Waals surface area contributed by atoms with Crippen molar-refractivity contribution in [2.75, 3.05) is 11.1 Å². The highest BCUT2D eigenvalue weighted by Crippen LogP contribution is 2.28. The molecule has 4 aromatic rings. The second-order valence-electron chi connectivity index (χ2n) is 6.60. The Hall–Kier alpha value is -3.44. The number of rotatable bonds is 8. The van der Waals surface area contributed by atoms with Crippen molar-refractivity contribution >= 4 is 45.0 Å². The lowest BCUT2D eigenvalue weighted by molar-refractivity contribution is -0.384. The Morgan fingerprint density at radius 1 is 1.16 bits per heavy atom. The molecule has 0 aliphatic heterocycles. The molecule has 162 valence electrons. The predicted molar refractivity (Wildman–Crippen MR) is 123 cm³/mol. The van der Waals surface area contributed by atoms with Gasteiger partial charge in [0.15, 0.2) is 11.0 Å². The lowest BCUT2D eigenvalue weighted by Gasteiger charge is -2.10. The van der Waals surface area contributed by atoms with E-state index in [4.69, 9.17) is 4.42 Å². The second-order valence-corrected chi connectivity index (χ2v) is 8.39. The third-order valence-corrected chi connectivity index (χ3v) is 6.04. The summed E-state index contributed by atoms with van der Waals surface area (Å²) in [6.07, 6.45) is 1.60. The van der Waals surface area contributed by atoms with Crippen molar-refractivity contribution in [2.24, 2.45) is 0 Å². The van der Waals surface area contributed by atoms with E-state index in [0.717, 1.165) is 11.3 Å². The van der Waals surface area contributed by atoms with E-state index < -0.39 is 4.92 Å². The molecule has 0 saturated carbocycles. The van der Waals surface area contributed by atoms with Crippen LogP contribution in [0.4, 0.5) is 11.4 Å². The molecule has 2 heterocycles. The van der Waals surface area contributed by atoms with Crippen LogP contribution >= 0.6 is 27.7 Å². The zero-order valence-corrected chi connectivity index (χ0v) is 18.9. The van der Waals surface area contributed by atoms with E-state index >= 15 is 0 Å². The molecule has 2 aromatic heterocycles. The third-order valence-electron chi connectivity index (χ3n) is 4.41. The van der Waals surface area contributed by atoms with E-state index in [0.29, 0.717) is 27.7 Å². The molecule has 11 heteroatoms. The fraction of sp³-hybridized carbons (Fsp3) is 0.0952. The van der Waals surface area contributed by atoms with Gasteiger partial charge in [-0.25, -0.2) is 0 Å². The maximum absolute atomic E-state index is 12.5.